The number of hydrogen-bond donors (Lipinski definition) is 1. The fourth-order valence-electron chi connectivity index (χ4n) is 1.76. The van der Waals surface area contributed by atoms with Gasteiger partial charge in [0.05, 0.1) is 15.9 Å². The minimum Gasteiger partial charge on any atom is -0.328 e. The van der Waals surface area contributed by atoms with Crippen molar-refractivity contribution in [1.29, 1.82) is 0 Å². The van der Waals surface area contributed by atoms with Crippen molar-refractivity contribution in [3.63, 3.8) is 0 Å². The molecule has 0 radical (unpaired) electrons. The molecule has 0 aliphatic carbocycles. The number of thiazole rings is 1. The average Bonchev–Trinajstić information content (AvgIpc) is 2.84. The Labute approximate surface area is 129 Å². The van der Waals surface area contributed by atoms with Crippen molar-refractivity contribution >= 4 is 57.0 Å². The third kappa shape index (κ3) is 2.80. The largest absolute Gasteiger partial charge is 0.328 e. The van der Waals surface area contributed by atoms with E-state index in [4.69, 9.17) is 11.6 Å². The molecule has 1 amide bonds. The van der Waals surface area contributed by atoms with Gasteiger partial charge >= 0.3 is 0 Å². The number of fused-ring (bicyclic) bond motifs is 1. The molecule has 2 aromatic carbocycles. The van der Waals surface area contributed by atoms with Crippen molar-refractivity contribution in [2.24, 2.45) is 0 Å². The van der Waals surface area contributed by atoms with E-state index < -0.39 is 0 Å². The Morgan fingerprint density at radius 3 is 2.90 bits per heavy atom. The fourth-order valence-corrected chi connectivity index (χ4v) is 4.03. The maximum Gasteiger partial charge on any atom is 0.211 e. The van der Waals surface area contributed by atoms with Crippen molar-refractivity contribution in [3.8, 4) is 0 Å². The van der Waals surface area contributed by atoms with Gasteiger partial charge in [0.25, 0.3) is 0 Å². The van der Waals surface area contributed by atoms with Gasteiger partial charge < -0.3 is 5.32 Å². The molecule has 0 aliphatic heterocycles. The molecule has 3 aromatic rings. The molecule has 1 aromatic heterocycles. The highest BCUT2D eigenvalue weighted by Crippen LogP contribution is 2.38. The van der Waals surface area contributed by atoms with E-state index in [1.165, 1.54) is 11.8 Å². The Kier molecular flexibility index (Phi) is 3.91. The molecule has 1 N–H and O–H groups in total. The molecule has 100 valence electrons. The minimum atomic E-state index is 0.586. The van der Waals surface area contributed by atoms with Crippen LogP contribution in [0.2, 0.25) is 5.02 Å². The van der Waals surface area contributed by atoms with Crippen molar-refractivity contribution in [2.45, 2.75) is 9.24 Å². The van der Waals surface area contributed by atoms with Crippen LogP contribution in [0.3, 0.4) is 0 Å². The highest BCUT2D eigenvalue weighted by Gasteiger charge is 2.09. The van der Waals surface area contributed by atoms with Crippen LogP contribution in [0.5, 0.6) is 0 Å². The molecule has 6 heteroatoms. The first kappa shape index (κ1) is 13.4. The predicted molar refractivity (Wildman–Crippen MR) is 84.9 cm³/mol. The molecule has 3 nitrogen and oxygen atoms in total. The summed E-state index contributed by atoms with van der Waals surface area (Å²) in [6, 6.07) is 13.4. The lowest BCUT2D eigenvalue weighted by Gasteiger charge is -2.06. The van der Waals surface area contributed by atoms with Gasteiger partial charge in [0.15, 0.2) is 4.34 Å². The van der Waals surface area contributed by atoms with Crippen LogP contribution >= 0.6 is 34.7 Å². The predicted octanol–water partition coefficient (Wildman–Crippen LogP) is 4.67. The van der Waals surface area contributed by atoms with Crippen LogP contribution in [0.15, 0.2) is 51.7 Å². The van der Waals surface area contributed by atoms with E-state index in [-0.39, 0.29) is 0 Å². The molecule has 0 bridgehead atoms. The smallest absolute Gasteiger partial charge is 0.211 e. The lowest BCUT2D eigenvalue weighted by Crippen LogP contribution is -1.95. The molecular weight excluding hydrogens is 312 g/mol. The molecule has 0 unspecified atom stereocenters. The van der Waals surface area contributed by atoms with E-state index in [1.807, 2.05) is 30.3 Å². The van der Waals surface area contributed by atoms with Crippen molar-refractivity contribution in [2.75, 3.05) is 5.32 Å². The van der Waals surface area contributed by atoms with E-state index in [0.717, 1.165) is 19.5 Å². The zero-order chi connectivity index (χ0) is 13.9. The summed E-state index contributed by atoms with van der Waals surface area (Å²) in [7, 11) is 0. The highest BCUT2D eigenvalue weighted by molar-refractivity contribution is 8.01. The quantitative estimate of drug-likeness (QED) is 0.710. The van der Waals surface area contributed by atoms with Gasteiger partial charge in [0, 0.05) is 9.92 Å². The molecule has 0 atom stereocenters. The van der Waals surface area contributed by atoms with Crippen molar-refractivity contribution < 1.29 is 4.79 Å². The summed E-state index contributed by atoms with van der Waals surface area (Å²) in [5, 5.41) is 3.25. The first-order chi connectivity index (χ1) is 9.76. The Bertz CT molecular complexity index is 740. The summed E-state index contributed by atoms with van der Waals surface area (Å²) in [4.78, 5) is 16.1. The van der Waals surface area contributed by atoms with Crippen LogP contribution < -0.4 is 5.32 Å². The number of hydrogen-bond acceptors (Lipinski definition) is 4. The lowest BCUT2D eigenvalue weighted by atomic mass is 10.3. The zero-order valence-electron chi connectivity index (χ0n) is 10.2. The monoisotopic (exact) mass is 320 g/mol. The average molecular weight is 321 g/mol. The number of rotatable bonds is 4. The Morgan fingerprint density at radius 2 is 2.10 bits per heavy atom. The van der Waals surface area contributed by atoms with Gasteiger partial charge in [0.1, 0.15) is 0 Å². The topological polar surface area (TPSA) is 42.0 Å². The zero-order valence-corrected chi connectivity index (χ0v) is 12.6. The Balaban J connectivity index is 1.95. The van der Waals surface area contributed by atoms with Gasteiger partial charge in [0.2, 0.25) is 6.41 Å². The number of nitrogens with zero attached hydrogens (tertiary/aromatic N) is 1. The summed E-state index contributed by atoms with van der Waals surface area (Å²) in [6.07, 6.45) is 0.647. The highest BCUT2D eigenvalue weighted by atomic mass is 35.5. The number of halogens is 1. The number of carbonyl (C=O) groups is 1. The third-order valence-electron chi connectivity index (χ3n) is 2.63. The summed E-state index contributed by atoms with van der Waals surface area (Å²) in [5.74, 6) is 0. The van der Waals surface area contributed by atoms with Gasteiger partial charge in [-0.05, 0) is 30.3 Å². The van der Waals surface area contributed by atoms with Gasteiger partial charge in [-0.3, -0.25) is 4.79 Å². The molecular formula is C14H9ClN2OS2. The third-order valence-corrected chi connectivity index (χ3v) is 5.04. The van der Waals surface area contributed by atoms with Crippen LogP contribution in [0.4, 0.5) is 5.69 Å². The molecule has 1 heterocycles. The number of anilines is 1. The van der Waals surface area contributed by atoms with Crippen molar-refractivity contribution in [1.82, 2.24) is 4.98 Å². The van der Waals surface area contributed by atoms with Crippen LogP contribution in [-0.4, -0.2) is 11.4 Å². The Morgan fingerprint density at radius 1 is 1.25 bits per heavy atom. The van der Waals surface area contributed by atoms with E-state index in [1.54, 1.807) is 23.5 Å². The Hall–Kier alpha value is -1.56. The van der Waals surface area contributed by atoms with Crippen LogP contribution in [0.1, 0.15) is 0 Å². The fraction of sp³-hybridized carbons (Fsp3) is 0. The van der Waals surface area contributed by atoms with Gasteiger partial charge in [-0.1, -0.05) is 35.5 Å². The number of carbonyl (C=O) groups excluding carboxylic acids is 1. The molecule has 0 aliphatic rings. The normalized spacial score (nSPS) is 10.7. The van der Waals surface area contributed by atoms with Gasteiger partial charge in [-0.2, -0.15) is 0 Å². The van der Waals surface area contributed by atoms with Gasteiger partial charge in [-0.25, -0.2) is 4.98 Å². The van der Waals surface area contributed by atoms with E-state index in [0.29, 0.717) is 17.1 Å². The summed E-state index contributed by atoms with van der Waals surface area (Å²) >= 11 is 9.08. The molecule has 0 spiro atoms. The number of benzene rings is 2. The van der Waals surface area contributed by atoms with Crippen LogP contribution in [0.25, 0.3) is 10.2 Å². The standard InChI is InChI=1S/C14H9ClN2OS2/c15-9-5-6-13(11(7-9)16-8-18)20-14-17-10-3-1-2-4-12(10)19-14/h1-8H,(H,16,18). The molecule has 0 fully saturated rings. The maximum absolute atomic E-state index is 10.7. The second-order valence-corrected chi connectivity index (χ2v) is 6.71. The summed E-state index contributed by atoms with van der Waals surface area (Å²) in [5.41, 5.74) is 1.68. The van der Waals surface area contributed by atoms with E-state index >= 15 is 0 Å². The molecule has 0 saturated heterocycles. The first-order valence-corrected chi connectivity index (χ1v) is 7.80. The first-order valence-electron chi connectivity index (χ1n) is 5.79. The summed E-state index contributed by atoms with van der Waals surface area (Å²) in [6.45, 7) is 0. The maximum atomic E-state index is 10.7. The van der Waals surface area contributed by atoms with E-state index in [2.05, 4.69) is 10.3 Å². The minimum absolute atomic E-state index is 0.586. The van der Waals surface area contributed by atoms with E-state index in [9.17, 15) is 4.79 Å². The van der Waals surface area contributed by atoms with Crippen LogP contribution in [-0.2, 0) is 4.79 Å². The number of amides is 1. The van der Waals surface area contributed by atoms with Gasteiger partial charge in [-0.15, -0.1) is 11.3 Å². The number of nitrogens with one attached hydrogen (secondary N) is 1. The second kappa shape index (κ2) is 5.83. The molecule has 0 saturated carbocycles. The van der Waals surface area contributed by atoms with Crippen molar-refractivity contribution in [3.05, 3.63) is 47.5 Å². The SMILES string of the molecule is O=CNc1cc(Cl)ccc1Sc1nc2ccccc2s1. The van der Waals surface area contributed by atoms with Crippen LogP contribution in [0, 0.1) is 0 Å². The number of aromatic nitrogens is 1. The number of para-hydroxylation sites is 1. The lowest BCUT2D eigenvalue weighted by molar-refractivity contribution is -0.105. The molecule has 3 rings (SSSR count). The molecule has 20 heavy (non-hydrogen) atoms. The summed E-state index contributed by atoms with van der Waals surface area (Å²) < 4.78 is 2.08. The second-order valence-electron chi connectivity index (χ2n) is 3.95.